The van der Waals surface area contributed by atoms with Crippen molar-refractivity contribution in [1.29, 1.82) is 0 Å². The summed E-state index contributed by atoms with van der Waals surface area (Å²) in [4.78, 5) is 24.8. The van der Waals surface area contributed by atoms with Crippen molar-refractivity contribution >= 4 is 12.0 Å². The van der Waals surface area contributed by atoms with Crippen LogP contribution < -0.4 is 5.32 Å². The van der Waals surface area contributed by atoms with Crippen LogP contribution in [0.4, 0.5) is 4.79 Å². The molecule has 1 saturated heterocycles. The van der Waals surface area contributed by atoms with Crippen LogP contribution in [0.2, 0.25) is 0 Å². The van der Waals surface area contributed by atoms with E-state index >= 15 is 0 Å². The first-order valence-electron chi connectivity index (χ1n) is 8.83. The second kappa shape index (κ2) is 7.99. The molecule has 0 radical (unpaired) electrons. The van der Waals surface area contributed by atoms with Crippen LogP contribution in [0, 0.1) is 5.92 Å². The van der Waals surface area contributed by atoms with Crippen LogP contribution in [0.1, 0.15) is 30.1 Å². The molecular weight excluding hydrogens is 334 g/mol. The number of likely N-dealkylation sites (tertiary alicyclic amines) is 1. The highest BCUT2D eigenvalue weighted by atomic mass is 16.4. The van der Waals surface area contributed by atoms with Gasteiger partial charge in [0.2, 0.25) is 0 Å². The van der Waals surface area contributed by atoms with E-state index in [0.29, 0.717) is 18.2 Å². The standard InChI is InChI=1S/C18H23N5O3/c1-2-19-18(26)22-8-6-13(7-9-22)11-23-12-16(20-21-23)14-4-3-5-15(10-14)17(24)25/h3-5,10,12-13H,2,6-9,11H2,1H3,(H,19,26)(H,24,25). The normalized spacial score (nSPS) is 15.0. The van der Waals surface area contributed by atoms with Gasteiger partial charge in [0.15, 0.2) is 0 Å². The summed E-state index contributed by atoms with van der Waals surface area (Å²) in [5.74, 6) is -0.515. The number of rotatable bonds is 5. The fourth-order valence-electron chi connectivity index (χ4n) is 3.18. The average molecular weight is 357 g/mol. The molecule has 138 valence electrons. The van der Waals surface area contributed by atoms with E-state index in [1.54, 1.807) is 22.9 Å². The van der Waals surface area contributed by atoms with Gasteiger partial charge < -0.3 is 15.3 Å². The van der Waals surface area contributed by atoms with Gasteiger partial charge in [-0.2, -0.15) is 0 Å². The highest BCUT2D eigenvalue weighted by Crippen LogP contribution is 2.21. The Hall–Kier alpha value is -2.90. The molecule has 8 heteroatoms. The van der Waals surface area contributed by atoms with Gasteiger partial charge in [-0.25, -0.2) is 9.59 Å². The third-order valence-corrected chi connectivity index (χ3v) is 4.62. The molecule has 1 fully saturated rings. The Morgan fingerprint density at radius 2 is 2.08 bits per heavy atom. The lowest BCUT2D eigenvalue weighted by molar-refractivity contribution is 0.0697. The van der Waals surface area contributed by atoms with E-state index in [9.17, 15) is 9.59 Å². The van der Waals surface area contributed by atoms with Crippen molar-refractivity contribution in [3.05, 3.63) is 36.0 Å². The van der Waals surface area contributed by atoms with E-state index < -0.39 is 5.97 Å². The van der Waals surface area contributed by atoms with Crippen molar-refractivity contribution in [2.75, 3.05) is 19.6 Å². The van der Waals surface area contributed by atoms with E-state index in [1.807, 2.05) is 24.1 Å². The van der Waals surface area contributed by atoms with Gasteiger partial charge in [0.1, 0.15) is 5.69 Å². The van der Waals surface area contributed by atoms with Gasteiger partial charge in [-0.05, 0) is 37.8 Å². The summed E-state index contributed by atoms with van der Waals surface area (Å²) in [5.41, 5.74) is 1.63. The maximum absolute atomic E-state index is 11.8. The number of benzene rings is 1. The fraction of sp³-hybridized carbons (Fsp3) is 0.444. The van der Waals surface area contributed by atoms with Crippen LogP contribution in [-0.2, 0) is 6.54 Å². The van der Waals surface area contributed by atoms with E-state index in [-0.39, 0.29) is 11.6 Å². The zero-order valence-electron chi connectivity index (χ0n) is 14.8. The minimum Gasteiger partial charge on any atom is -0.478 e. The summed E-state index contributed by atoms with van der Waals surface area (Å²) in [7, 11) is 0. The molecule has 0 saturated carbocycles. The summed E-state index contributed by atoms with van der Waals surface area (Å²) in [6.07, 6.45) is 3.71. The third-order valence-electron chi connectivity index (χ3n) is 4.62. The lowest BCUT2D eigenvalue weighted by atomic mass is 9.97. The van der Waals surface area contributed by atoms with E-state index in [4.69, 9.17) is 5.11 Å². The molecule has 0 bridgehead atoms. The van der Waals surface area contributed by atoms with Crippen LogP contribution >= 0.6 is 0 Å². The van der Waals surface area contributed by atoms with E-state index in [0.717, 1.165) is 38.0 Å². The van der Waals surface area contributed by atoms with E-state index in [2.05, 4.69) is 15.6 Å². The number of nitrogens with zero attached hydrogens (tertiary/aromatic N) is 4. The summed E-state index contributed by atoms with van der Waals surface area (Å²) in [6, 6.07) is 6.69. The number of amides is 2. The maximum atomic E-state index is 11.8. The molecule has 1 aliphatic rings. The summed E-state index contributed by atoms with van der Waals surface area (Å²) in [5, 5.41) is 20.3. The van der Waals surface area contributed by atoms with Crippen molar-refractivity contribution in [3.63, 3.8) is 0 Å². The number of carbonyl (C=O) groups is 2. The summed E-state index contributed by atoms with van der Waals surface area (Å²) < 4.78 is 1.80. The van der Waals surface area contributed by atoms with Crippen LogP contribution in [0.15, 0.2) is 30.5 Å². The number of hydrogen-bond acceptors (Lipinski definition) is 4. The minimum absolute atomic E-state index is 0.00676. The highest BCUT2D eigenvalue weighted by Gasteiger charge is 2.23. The monoisotopic (exact) mass is 357 g/mol. The first-order chi connectivity index (χ1) is 12.6. The molecule has 2 amide bonds. The number of aromatic nitrogens is 3. The molecule has 0 atom stereocenters. The number of carboxylic acid groups (broad SMARTS) is 1. The molecule has 2 N–H and O–H groups in total. The Morgan fingerprint density at radius 1 is 1.31 bits per heavy atom. The second-order valence-electron chi connectivity index (χ2n) is 6.48. The predicted octanol–water partition coefficient (Wildman–Crippen LogP) is 2.08. The predicted molar refractivity (Wildman–Crippen MR) is 95.8 cm³/mol. The molecule has 0 aliphatic carbocycles. The van der Waals surface area contributed by atoms with Gasteiger partial charge in [0.25, 0.3) is 0 Å². The molecule has 8 nitrogen and oxygen atoms in total. The molecule has 1 aromatic carbocycles. The van der Waals surface area contributed by atoms with Crippen molar-refractivity contribution in [1.82, 2.24) is 25.2 Å². The Bertz CT molecular complexity index is 781. The van der Waals surface area contributed by atoms with Crippen molar-refractivity contribution in [3.8, 4) is 11.3 Å². The smallest absolute Gasteiger partial charge is 0.335 e. The van der Waals surface area contributed by atoms with Crippen LogP contribution in [-0.4, -0.2) is 56.6 Å². The molecular formula is C18H23N5O3. The minimum atomic E-state index is -0.960. The second-order valence-corrected chi connectivity index (χ2v) is 6.48. The Labute approximate surface area is 151 Å². The van der Waals surface area contributed by atoms with Gasteiger partial charge in [0, 0.05) is 31.7 Å². The van der Waals surface area contributed by atoms with Crippen molar-refractivity contribution in [2.24, 2.45) is 5.92 Å². The molecule has 26 heavy (non-hydrogen) atoms. The summed E-state index contributed by atoms with van der Waals surface area (Å²) >= 11 is 0. The summed E-state index contributed by atoms with van der Waals surface area (Å²) in [6.45, 7) is 4.80. The van der Waals surface area contributed by atoms with Gasteiger partial charge in [0.05, 0.1) is 11.8 Å². The molecule has 3 rings (SSSR count). The number of carbonyl (C=O) groups excluding carboxylic acids is 1. The fourth-order valence-corrected chi connectivity index (χ4v) is 3.18. The number of nitrogens with one attached hydrogen (secondary N) is 1. The number of piperidine rings is 1. The highest BCUT2D eigenvalue weighted by molar-refractivity contribution is 5.89. The number of hydrogen-bond donors (Lipinski definition) is 2. The SMILES string of the molecule is CCNC(=O)N1CCC(Cn2cc(-c3cccc(C(=O)O)c3)nn2)CC1. The topological polar surface area (TPSA) is 100 Å². The third kappa shape index (κ3) is 4.19. The lowest BCUT2D eigenvalue weighted by Gasteiger charge is -2.31. The number of carboxylic acids is 1. The number of urea groups is 1. The van der Waals surface area contributed by atoms with Crippen molar-refractivity contribution < 1.29 is 14.7 Å². The zero-order valence-corrected chi connectivity index (χ0v) is 14.8. The maximum Gasteiger partial charge on any atom is 0.335 e. The Morgan fingerprint density at radius 3 is 2.77 bits per heavy atom. The quantitative estimate of drug-likeness (QED) is 0.853. The number of aromatic carboxylic acids is 1. The first-order valence-corrected chi connectivity index (χ1v) is 8.83. The Balaban J connectivity index is 1.59. The lowest BCUT2D eigenvalue weighted by Crippen LogP contribution is -2.44. The first kappa shape index (κ1) is 17.9. The zero-order chi connectivity index (χ0) is 18.5. The molecule has 2 aromatic rings. The van der Waals surface area contributed by atoms with Gasteiger partial charge in [-0.1, -0.05) is 17.3 Å². The van der Waals surface area contributed by atoms with E-state index in [1.165, 1.54) is 0 Å². The average Bonchev–Trinajstić information content (AvgIpc) is 3.11. The van der Waals surface area contributed by atoms with Crippen LogP contribution in [0.5, 0.6) is 0 Å². The molecule has 2 heterocycles. The molecule has 0 spiro atoms. The Kier molecular flexibility index (Phi) is 5.50. The van der Waals surface area contributed by atoms with Crippen molar-refractivity contribution in [2.45, 2.75) is 26.3 Å². The molecule has 1 aliphatic heterocycles. The van der Waals surface area contributed by atoms with Gasteiger partial charge >= 0.3 is 12.0 Å². The van der Waals surface area contributed by atoms with Gasteiger partial charge in [-0.3, -0.25) is 4.68 Å². The largest absolute Gasteiger partial charge is 0.478 e. The van der Waals surface area contributed by atoms with Crippen LogP contribution in [0.3, 0.4) is 0 Å². The van der Waals surface area contributed by atoms with Crippen LogP contribution in [0.25, 0.3) is 11.3 Å². The molecule has 0 unspecified atom stereocenters. The van der Waals surface area contributed by atoms with Gasteiger partial charge in [-0.15, -0.1) is 5.10 Å². The molecule has 1 aromatic heterocycles.